The Morgan fingerprint density at radius 1 is 1.20 bits per heavy atom. The van der Waals surface area contributed by atoms with Crippen LogP contribution in [-0.2, 0) is 9.53 Å². The quantitative estimate of drug-likeness (QED) is 0.564. The van der Waals surface area contributed by atoms with Crippen molar-refractivity contribution in [1.29, 1.82) is 5.26 Å². The Bertz CT molecular complexity index is 667. The molecule has 0 aromatic carbocycles. The molecule has 0 saturated carbocycles. The normalized spacial score (nSPS) is 17.6. The number of amides is 1. The van der Waals surface area contributed by atoms with Crippen molar-refractivity contribution < 1.29 is 9.53 Å². The van der Waals surface area contributed by atoms with E-state index in [0.717, 1.165) is 39.0 Å². The summed E-state index contributed by atoms with van der Waals surface area (Å²) in [5, 5.41) is 10.8. The Kier molecular flexibility index (Phi) is 6.39. The fourth-order valence-electron chi connectivity index (χ4n) is 2.85. The van der Waals surface area contributed by atoms with Crippen LogP contribution in [0.5, 0.6) is 0 Å². The van der Waals surface area contributed by atoms with E-state index in [4.69, 9.17) is 4.74 Å². The van der Waals surface area contributed by atoms with Crippen LogP contribution in [0.3, 0.4) is 0 Å². The number of hydrogen-bond acceptors (Lipinski definition) is 8. The van der Waals surface area contributed by atoms with E-state index >= 15 is 0 Å². The molecule has 1 aromatic heterocycles. The highest BCUT2D eigenvalue weighted by Crippen LogP contribution is 2.30. The molecule has 3 rings (SSSR count). The number of morpholine rings is 1. The van der Waals surface area contributed by atoms with Crippen LogP contribution in [0.1, 0.15) is 18.4 Å². The number of anilines is 1. The van der Waals surface area contributed by atoms with Crippen LogP contribution in [-0.4, -0.2) is 72.2 Å². The number of likely N-dealkylation sites (tertiary alicyclic amines) is 1. The van der Waals surface area contributed by atoms with Crippen molar-refractivity contribution in [2.24, 2.45) is 0 Å². The van der Waals surface area contributed by atoms with Gasteiger partial charge in [-0.15, -0.1) is 11.8 Å². The number of thioether (sulfide) groups is 2. The second kappa shape index (κ2) is 8.74. The number of hydrogen-bond donors (Lipinski definition) is 0. The summed E-state index contributed by atoms with van der Waals surface area (Å²) in [7, 11) is 0. The van der Waals surface area contributed by atoms with Gasteiger partial charge in [-0.1, -0.05) is 11.8 Å². The van der Waals surface area contributed by atoms with E-state index in [1.807, 2.05) is 11.2 Å². The molecule has 9 heteroatoms. The summed E-state index contributed by atoms with van der Waals surface area (Å²) in [4.78, 5) is 25.4. The van der Waals surface area contributed by atoms with Crippen molar-refractivity contribution in [3.63, 3.8) is 0 Å². The van der Waals surface area contributed by atoms with Crippen LogP contribution in [0.4, 0.5) is 5.95 Å². The molecule has 25 heavy (non-hydrogen) atoms. The van der Waals surface area contributed by atoms with Crippen LogP contribution >= 0.6 is 23.5 Å². The number of ether oxygens (including phenoxy) is 1. The lowest BCUT2D eigenvalue weighted by Gasteiger charge is -2.27. The van der Waals surface area contributed by atoms with Gasteiger partial charge >= 0.3 is 0 Å². The van der Waals surface area contributed by atoms with Gasteiger partial charge in [0.05, 0.1) is 19.0 Å². The highest BCUT2D eigenvalue weighted by Gasteiger charge is 2.22. The van der Waals surface area contributed by atoms with Crippen molar-refractivity contribution in [3.05, 3.63) is 5.56 Å². The largest absolute Gasteiger partial charge is 0.378 e. The Morgan fingerprint density at radius 2 is 1.88 bits per heavy atom. The number of aromatic nitrogens is 2. The fourth-order valence-corrected chi connectivity index (χ4v) is 4.31. The third-order valence-corrected chi connectivity index (χ3v) is 5.86. The molecule has 0 bridgehead atoms. The van der Waals surface area contributed by atoms with E-state index in [1.54, 1.807) is 0 Å². The molecule has 0 aliphatic carbocycles. The summed E-state index contributed by atoms with van der Waals surface area (Å²) in [5.41, 5.74) is 0.462. The van der Waals surface area contributed by atoms with E-state index in [1.165, 1.54) is 23.5 Å². The van der Waals surface area contributed by atoms with Gasteiger partial charge in [-0.2, -0.15) is 5.26 Å². The van der Waals surface area contributed by atoms with Gasteiger partial charge in [-0.05, 0) is 19.1 Å². The van der Waals surface area contributed by atoms with Gasteiger partial charge in [-0.3, -0.25) is 4.79 Å². The van der Waals surface area contributed by atoms with Crippen molar-refractivity contribution in [2.45, 2.75) is 22.9 Å². The monoisotopic (exact) mass is 379 g/mol. The molecule has 2 fully saturated rings. The van der Waals surface area contributed by atoms with Crippen LogP contribution in [0.25, 0.3) is 0 Å². The maximum absolute atomic E-state index is 12.3. The number of carbonyl (C=O) groups is 1. The molecular weight excluding hydrogens is 358 g/mol. The predicted molar refractivity (Wildman–Crippen MR) is 98.1 cm³/mol. The maximum Gasteiger partial charge on any atom is 0.232 e. The molecule has 7 nitrogen and oxygen atoms in total. The summed E-state index contributed by atoms with van der Waals surface area (Å²) >= 11 is 2.77. The molecule has 3 heterocycles. The second-order valence-electron chi connectivity index (χ2n) is 5.80. The molecule has 0 N–H and O–H groups in total. The standard InChI is InChI=1S/C16H21N5O2S2/c1-24-14-12(10-17)15(25-11-13(22)20-4-2-3-5-20)19-16(18-14)21-6-8-23-9-7-21/h2-9,11H2,1H3. The number of nitrogens with zero attached hydrogens (tertiary/aromatic N) is 5. The average Bonchev–Trinajstić information content (AvgIpc) is 3.20. The van der Waals surface area contributed by atoms with Gasteiger partial charge < -0.3 is 14.5 Å². The third-order valence-electron chi connectivity index (χ3n) is 4.22. The molecule has 2 aliphatic heterocycles. The van der Waals surface area contributed by atoms with Gasteiger partial charge in [0.1, 0.15) is 21.7 Å². The lowest BCUT2D eigenvalue weighted by molar-refractivity contribution is -0.127. The molecule has 134 valence electrons. The number of carbonyl (C=O) groups excluding carboxylic acids is 1. The van der Waals surface area contributed by atoms with Crippen LogP contribution < -0.4 is 4.90 Å². The molecule has 0 unspecified atom stereocenters. The van der Waals surface area contributed by atoms with Gasteiger partial charge in [-0.25, -0.2) is 9.97 Å². The Hall–Kier alpha value is -1.50. The van der Waals surface area contributed by atoms with Gasteiger partial charge in [0.25, 0.3) is 0 Å². The van der Waals surface area contributed by atoms with Crippen molar-refractivity contribution in [2.75, 3.05) is 56.3 Å². The minimum absolute atomic E-state index is 0.114. The highest BCUT2D eigenvalue weighted by molar-refractivity contribution is 8.00. The number of rotatable bonds is 5. The molecule has 0 atom stereocenters. The van der Waals surface area contributed by atoms with E-state index in [2.05, 4.69) is 20.9 Å². The molecule has 2 saturated heterocycles. The minimum Gasteiger partial charge on any atom is -0.378 e. The van der Waals surface area contributed by atoms with Crippen LogP contribution in [0.15, 0.2) is 10.1 Å². The minimum atomic E-state index is 0.114. The first-order valence-corrected chi connectivity index (χ1v) is 10.5. The first-order valence-electron chi connectivity index (χ1n) is 8.32. The molecule has 0 radical (unpaired) electrons. The average molecular weight is 380 g/mol. The zero-order chi connectivity index (χ0) is 17.6. The molecule has 1 aromatic rings. The topological polar surface area (TPSA) is 82.3 Å². The van der Waals surface area contributed by atoms with Crippen LogP contribution in [0, 0.1) is 11.3 Å². The molecule has 1 amide bonds. The zero-order valence-electron chi connectivity index (χ0n) is 14.2. The molecule has 2 aliphatic rings. The van der Waals surface area contributed by atoms with Gasteiger partial charge in [0.15, 0.2) is 0 Å². The zero-order valence-corrected chi connectivity index (χ0v) is 15.9. The first-order chi connectivity index (χ1) is 12.2. The lowest BCUT2D eigenvalue weighted by Crippen LogP contribution is -2.37. The fraction of sp³-hybridized carbons (Fsp3) is 0.625. The van der Waals surface area contributed by atoms with Crippen molar-refractivity contribution in [3.8, 4) is 6.07 Å². The summed E-state index contributed by atoms with van der Waals surface area (Å²) < 4.78 is 5.38. The lowest BCUT2D eigenvalue weighted by atomic mass is 10.4. The summed E-state index contributed by atoms with van der Waals surface area (Å²) in [6.07, 6.45) is 4.05. The Balaban J connectivity index is 1.79. The highest BCUT2D eigenvalue weighted by atomic mass is 32.2. The first kappa shape index (κ1) is 18.3. The van der Waals surface area contributed by atoms with Gasteiger partial charge in [0, 0.05) is 26.2 Å². The third kappa shape index (κ3) is 4.37. The smallest absolute Gasteiger partial charge is 0.232 e. The van der Waals surface area contributed by atoms with E-state index in [0.29, 0.717) is 40.5 Å². The van der Waals surface area contributed by atoms with E-state index < -0.39 is 0 Å². The van der Waals surface area contributed by atoms with Crippen molar-refractivity contribution in [1.82, 2.24) is 14.9 Å². The Labute approximate surface area is 156 Å². The SMILES string of the molecule is CSc1nc(N2CCOCC2)nc(SCC(=O)N2CCCC2)c1C#N. The molecule has 0 spiro atoms. The molecular formula is C16H21N5O2S2. The summed E-state index contributed by atoms with van der Waals surface area (Å²) in [6.45, 7) is 4.43. The van der Waals surface area contributed by atoms with Crippen LogP contribution in [0.2, 0.25) is 0 Å². The predicted octanol–water partition coefficient (Wildman–Crippen LogP) is 1.62. The maximum atomic E-state index is 12.3. The van der Waals surface area contributed by atoms with E-state index in [9.17, 15) is 10.1 Å². The van der Waals surface area contributed by atoms with E-state index in [-0.39, 0.29) is 5.91 Å². The van der Waals surface area contributed by atoms with Crippen molar-refractivity contribution >= 4 is 35.4 Å². The summed E-state index contributed by atoms with van der Waals surface area (Å²) in [6, 6.07) is 2.20. The Morgan fingerprint density at radius 3 is 2.52 bits per heavy atom. The number of nitriles is 1. The summed E-state index contributed by atoms with van der Waals surface area (Å²) in [5.74, 6) is 1.04. The van der Waals surface area contributed by atoms with Gasteiger partial charge in [0.2, 0.25) is 11.9 Å². The second-order valence-corrected chi connectivity index (χ2v) is 7.56.